The summed E-state index contributed by atoms with van der Waals surface area (Å²) < 4.78 is 14.6. The molecule has 0 radical (unpaired) electrons. The van der Waals surface area contributed by atoms with Crippen LogP contribution in [-0.4, -0.2) is 55.1 Å². The van der Waals surface area contributed by atoms with Gasteiger partial charge in [0.1, 0.15) is 18.8 Å². The fraction of sp³-hybridized carbons (Fsp3) is 0.786. The maximum Gasteiger partial charge on any atom is 0.407 e. The zero-order valence-corrected chi connectivity index (χ0v) is 13.2. The monoisotopic (exact) mass is 319 g/mol. The fourth-order valence-electron chi connectivity index (χ4n) is 1.80. The number of rotatable bonds is 11. The molecule has 0 saturated heterocycles. The molecule has 1 amide bonds. The highest BCUT2D eigenvalue weighted by molar-refractivity contribution is 5.67. The zero-order chi connectivity index (χ0) is 17.0. The van der Waals surface area contributed by atoms with Crippen molar-refractivity contribution in [3.63, 3.8) is 0 Å². The average Bonchev–Trinajstić information content (AvgIpc) is 2.42. The van der Waals surface area contributed by atoms with E-state index in [1.165, 1.54) is 6.92 Å². The Bertz CT molecular complexity index is 348. The van der Waals surface area contributed by atoms with Crippen LogP contribution in [0, 0.1) is 0 Å². The first-order chi connectivity index (χ1) is 10.4. The van der Waals surface area contributed by atoms with Crippen LogP contribution in [0.25, 0.3) is 0 Å². The second kappa shape index (κ2) is 11.8. The number of nitrogens with one attached hydrogen (secondary N) is 1. The molecule has 8 nitrogen and oxygen atoms in total. The Kier molecular flexibility index (Phi) is 10.8. The van der Waals surface area contributed by atoms with E-state index >= 15 is 0 Å². The SMILES string of the molecule is CCC(O)CC(CC(C)OC(=O)NCCOC=O)OC(C)=O. The van der Waals surface area contributed by atoms with Gasteiger partial charge in [0.25, 0.3) is 6.47 Å². The summed E-state index contributed by atoms with van der Waals surface area (Å²) >= 11 is 0. The molecule has 3 unspecified atom stereocenters. The minimum Gasteiger partial charge on any atom is -0.466 e. The molecular formula is C14H25NO7. The van der Waals surface area contributed by atoms with Gasteiger partial charge in [-0.1, -0.05) is 6.92 Å². The average molecular weight is 319 g/mol. The van der Waals surface area contributed by atoms with Gasteiger partial charge in [0.2, 0.25) is 0 Å². The van der Waals surface area contributed by atoms with Gasteiger partial charge in [0.05, 0.1) is 12.6 Å². The van der Waals surface area contributed by atoms with Crippen molar-refractivity contribution in [1.82, 2.24) is 5.32 Å². The Morgan fingerprint density at radius 1 is 1.27 bits per heavy atom. The molecule has 0 bridgehead atoms. The molecule has 3 atom stereocenters. The topological polar surface area (TPSA) is 111 Å². The van der Waals surface area contributed by atoms with Crippen LogP contribution in [0.4, 0.5) is 4.79 Å². The van der Waals surface area contributed by atoms with E-state index in [1.54, 1.807) is 6.92 Å². The Morgan fingerprint density at radius 2 is 1.95 bits per heavy atom. The Morgan fingerprint density at radius 3 is 2.50 bits per heavy atom. The molecule has 8 heteroatoms. The summed E-state index contributed by atoms with van der Waals surface area (Å²) in [6, 6.07) is 0. The summed E-state index contributed by atoms with van der Waals surface area (Å²) in [6.45, 7) is 5.27. The van der Waals surface area contributed by atoms with E-state index in [0.717, 1.165) is 0 Å². The minimum atomic E-state index is -0.653. The first-order valence-electron chi connectivity index (χ1n) is 7.24. The first-order valence-corrected chi connectivity index (χ1v) is 7.24. The van der Waals surface area contributed by atoms with Crippen molar-refractivity contribution in [2.24, 2.45) is 0 Å². The molecule has 0 aromatic carbocycles. The van der Waals surface area contributed by atoms with Crippen LogP contribution in [0.3, 0.4) is 0 Å². The zero-order valence-electron chi connectivity index (χ0n) is 13.2. The summed E-state index contributed by atoms with van der Waals surface area (Å²) in [7, 11) is 0. The van der Waals surface area contributed by atoms with Crippen molar-refractivity contribution < 1.29 is 33.7 Å². The van der Waals surface area contributed by atoms with Gasteiger partial charge in [0.15, 0.2) is 0 Å². The van der Waals surface area contributed by atoms with Crippen LogP contribution < -0.4 is 5.32 Å². The van der Waals surface area contributed by atoms with Crippen LogP contribution >= 0.6 is 0 Å². The summed E-state index contributed by atoms with van der Waals surface area (Å²) in [5.74, 6) is -0.448. The predicted molar refractivity (Wildman–Crippen MR) is 77.0 cm³/mol. The van der Waals surface area contributed by atoms with Crippen LogP contribution in [-0.2, 0) is 23.8 Å². The highest BCUT2D eigenvalue weighted by Crippen LogP contribution is 2.14. The molecule has 0 rings (SSSR count). The third kappa shape index (κ3) is 10.9. The molecule has 22 heavy (non-hydrogen) atoms. The predicted octanol–water partition coefficient (Wildman–Crippen LogP) is 0.757. The molecule has 128 valence electrons. The molecule has 0 aromatic rings. The summed E-state index contributed by atoms with van der Waals surface area (Å²) in [5, 5.41) is 12.1. The maximum atomic E-state index is 11.5. The number of hydrogen-bond donors (Lipinski definition) is 2. The lowest BCUT2D eigenvalue weighted by molar-refractivity contribution is -0.149. The quantitative estimate of drug-likeness (QED) is 0.250. The van der Waals surface area contributed by atoms with Crippen molar-refractivity contribution in [2.45, 2.75) is 58.3 Å². The van der Waals surface area contributed by atoms with E-state index in [4.69, 9.17) is 9.47 Å². The third-order valence-electron chi connectivity index (χ3n) is 2.80. The van der Waals surface area contributed by atoms with Crippen molar-refractivity contribution in [3.8, 4) is 0 Å². The normalized spacial score (nSPS) is 14.4. The lowest BCUT2D eigenvalue weighted by Crippen LogP contribution is -2.33. The molecule has 0 saturated carbocycles. The molecule has 0 spiro atoms. The maximum absolute atomic E-state index is 11.5. The number of aliphatic hydroxyl groups excluding tert-OH is 1. The molecule has 0 aliphatic rings. The molecular weight excluding hydrogens is 294 g/mol. The number of carbonyl (C=O) groups is 3. The summed E-state index contributed by atoms with van der Waals surface area (Å²) in [6.07, 6.45) is -1.13. The number of carbonyl (C=O) groups excluding carboxylic acids is 3. The van der Waals surface area contributed by atoms with Gasteiger partial charge in [0, 0.05) is 19.8 Å². The highest BCUT2D eigenvalue weighted by Gasteiger charge is 2.21. The van der Waals surface area contributed by atoms with E-state index in [0.29, 0.717) is 19.3 Å². The lowest BCUT2D eigenvalue weighted by Gasteiger charge is -2.23. The van der Waals surface area contributed by atoms with Crippen LogP contribution in [0.15, 0.2) is 0 Å². The molecule has 0 aromatic heterocycles. The largest absolute Gasteiger partial charge is 0.466 e. The van der Waals surface area contributed by atoms with Crippen LogP contribution in [0.5, 0.6) is 0 Å². The number of ether oxygens (including phenoxy) is 3. The summed E-state index contributed by atoms with van der Waals surface area (Å²) in [5.41, 5.74) is 0. The lowest BCUT2D eigenvalue weighted by atomic mass is 10.0. The molecule has 2 N–H and O–H groups in total. The van der Waals surface area contributed by atoms with Crippen molar-refractivity contribution in [3.05, 3.63) is 0 Å². The first kappa shape index (κ1) is 20.2. The van der Waals surface area contributed by atoms with Gasteiger partial charge in [-0.25, -0.2) is 4.79 Å². The Balaban J connectivity index is 4.19. The smallest absolute Gasteiger partial charge is 0.407 e. The van der Waals surface area contributed by atoms with Gasteiger partial charge in [-0.05, 0) is 13.3 Å². The van der Waals surface area contributed by atoms with Gasteiger partial charge in [-0.3, -0.25) is 9.59 Å². The third-order valence-corrected chi connectivity index (χ3v) is 2.80. The Labute approximate surface area is 130 Å². The van der Waals surface area contributed by atoms with Crippen molar-refractivity contribution >= 4 is 18.5 Å². The number of amides is 1. The van der Waals surface area contributed by atoms with Crippen LogP contribution in [0.2, 0.25) is 0 Å². The Hall–Kier alpha value is -1.83. The molecule has 0 heterocycles. The molecule has 0 aliphatic carbocycles. The number of hydrogen-bond acceptors (Lipinski definition) is 7. The second-order valence-electron chi connectivity index (χ2n) is 4.87. The van der Waals surface area contributed by atoms with E-state index in [-0.39, 0.29) is 19.6 Å². The van der Waals surface area contributed by atoms with Gasteiger partial charge >= 0.3 is 12.1 Å². The number of alkyl carbamates (subject to hydrolysis) is 1. The minimum absolute atomic E-state index is 0.0613. The van der Waals surface area contributed by atoms with Gasteiger partial charge in [-0.2, -0.15) is 0 Å². The van der Waals surface area contributed by atoms with E-state index in [2.05, 4.69) is 10.1 Å². The van der Waals surface area contributed by atoms with Gasteiger partial charge < -0.3 is 24.6 Å². The molecule has 0 aliphatic heterocycles. The number of esters is 1. The van der Waals surface area contributed by atoms with Gasteiger partial charge in [-0.15, -0.1) is 0 Å². The standard InChI is InChI=1S/C14H25NO7/c1-4-12(18)8-13(22-11(3)17)7-10(2)21-14(19)15-5-6-20-9-16/h9-10,12-13,18H,4-8H2,1-3H3,(H,15,19). The number of aliphatic hydroxyl groups is 1. The fourth-order valence-corrected chi connectivity index (χ4v) is 1.80. The van der Waals surface area contributed by atoms with Crippen molar-refractivity contribution in [2.75, 3.05) is 13.2 Å². The van der Waals surface area contributed by atoms with Crippen LogP contribution in [0.1, 0.15) is 40.0 Å². The van der Waals surface area contributed by atoms with E-state index in [1.807, 2.05) is 6.92 Å². The molecule has 0 fully saturated rings. The van der Waals surface area contributed by atoms with Crippen molar-refractivity contribution in [1.29, 1.82) is 0 Å². The van der Waals surface area contributed by atoms with E-state index in [9.17, 15) is 19.5 Å². The highest BCUT2D eigenvalue weighted by atomic mass is 16.6. The summed E-state index contributed by atoms with van der Waals surface area (Å²) in [4.78, 5) is 32.5. The second-order valence-corrected chi connectivity index (χ2v) is 4.87. The van der Waals surface area contributed by atoms with E-state index < -0.39 is 30.4 Å².